The van der Waals surface area contributed by atoms with Gasteiger partial charge in [-0.05, 0) is 44.0 Å². The highest BCUT2D eigenvalue weighted by atomic mass is 79.9. The zero-order valence-corrected chi connectivity index (χ0v) is 14.9. The van der Waals surface area contributed by atoms with Gasteiger partial charge in [-0.1, -0.05) is 6.07 Å². The van der Waals surface area contributed by atoms with Gasteiger partial charge in [0.25, 0.3) is 11.6 Å². The molecule has 2 rings (SSSR count). The molecule has 0 aliphatic carbocycles. The Balaban J connectivity index is 2.16. The minimum atomic E-state index is -0.647. The SMILES string of the molecule is O=C(N/N=C/c1cc(Br)c(O)c(Br)c1O)c1cccc([N+](=O)[O-])c1. The van der Waals surface area contributed by atoms with E-state index in [-0.39, 0.29) is 32.8 Å². The average molecular weight is 459 g/mol. The molecular weight excluding hydrogens is 450 g/mol. The van der Waals surface area contributed by atoms with Crippen molar-refractivity contribution in [3.05, 3.63) is 60.5 Å². The van der Waals surface area contributed by atoms with E-state index in [1.807, 2.05) is 0 Å². The lowest BCUT2D eigenvalue weighted by atomic mass is 10.2. The normalized spacial score (nSPS) is 10.8. The zero-order chi connectivity index (χ0) is 17.9. The van der Waals surface area contributed by atoms with E-state index >= 15 is 0 Å². The van der Waals surface area contributed by atoms with E-state index in [1.54, 1.807) is 0 Å². The summed E-state index contributed by atoms with van der Waals surface area (Å²) in [6.45, 7) is 0. The fourth-order valence-corrected chi connectivity index (χ4v) is 2.85. The average Bonchev–Trinajstić information content (AvgIpc) is 2.57. The molecule has 0 bridgehead atoms. The van der Waals surface area contributed by atoms with Crippen LogP contribution in [0.4, 0.5) is 5.69 Å². The van der Waals surface area contributed by atoms with Gasteiger partial charge < -0.3 is 10.2 Å². The first-order valence-electron chi connectivity index (χ1n) is 6.29. The molecule has 0 atom stereocenters. The van der Waals surface area contributed by atoms with E-state index < -0.39 is 10.8 Å². The number of rotatable bonds is 4. The topological polar surface area (TPSA) is 125 Å². The highest BCUT2D eigenvalue weighted by molar-refractivity contribution is 9.11. The maximum absolute atomic E-state index is 11.9. The van der Waals surface area contributed by atoms with Crippen LogP contribution in [0.1, 0.15) is 15.9 Å². The lowest BCUT2D eigenvalue weighted by Crippen LogP contribution is -2.17. The van der Waals surface area contributed by atoms with Crippen molar-refractivity contribution in [2.24, 2.45) is 5.10 Å². The van der Waals surface area contributed by atoms with Crippen LogP contribution < -0.4 is 5.43 Å². The van der Waals surface area contributed by atoms with Gasteiger partial charge in [0, 0.05) is 23.3 Å². The maximum atomic E-state index is 11.9. The molecule has 2 aromatic carbocycles. The minimum Gasteiger partial charge on any atom is -0.506 e. The molecule has 0 saturated carbocycles. The molecule has 0 saturated heterocycles. The van der Waals surface area contributed by atoms with Crippen molar-refractivity contribution in [2.45, 2.75) is 0 Å². The molecule has 0 spiro atoms. The standard InChI is InChI=1S/C14H9Br2N3O5/c15-10-5-8(12(20)11(16)13(10)21)6-17-18-14(22)7-2-1-3-9(4-7)19(23)24/h1-6,20-21H,(H,18,22)/b17-6+. The van der Waals surface area contributed by atoms with Crippen LogP contribution in [0.5, 0.6) is 11.5 Å². The Kier molecular flexibility index (Phi) is 5.52. The van der Waals surface area contributed by atoms with Gasteiger partial charge in [0.1, 0.15) is 16.0 Å². The Hall–Kier alpha value is -2.46. The molecule has 0 fully saturated rings. The summed E-state index contributed by atoms with van der Waals surface area (Å²) in [5, 5.41) is 33.9. The zero-order valence-electron chi connectivity index (χ0n) is 11.7. The number of nitrogens with zero attached hydrogens (tertiary/aromatic N) is 2. The van der Waals surface area contributed by atoms with E-state index in [1.165, 1.54) is 30.5 Å². The largest absolute Gasteiger partial charge is 0.506 e. The predicted molar refractivity (Wildman–Crippen MR) is 93.3 cm³/mol. The highest BCUT2D eigenvalue weighted by Crippen LogP contribution is 2.40. The van der Waals surface area contributed by atoms with Crippen LogP contribution in [0.25, 0.3) is 0 Å². The first kappa shape index (κ1) is 17.9. The second-order valence-corrected chi connectivity index (χ2v) is 6.11. The van der Waals surface area contributed by atoms with Gasteiger partial charge >= 0.3 is 0 Å². The molecular formula is C14H9Br2N3O5. The molecule has 2 aromatic rings. The Morgan fingerprint density at radius 1 is 1.25 bits per heavy atom. The second-order valence-electron chi connectivity index (χ2n) is 4.47. The summed E-state index contributed by atoms with van der Waals surface area (Å²) >= 11 is 6.12. The predicted octanol–water partition coefficient (Wildman–Crippen LogP) is 3.29. The molecule has 10 heteroatoms. The molecule has 3 N–H and O–H groups in total. The number of hydrogen-bond acceptors (Lipinski definition) is 6. The quantitative estimate of drug-likeness (QED) is 0.368. The third-order valence-electron chi connectivity index (χ3n) is 2.89. The van der Waals surface area contributed by atoms with Crippen molar-refractivity contribution in [3.8, 4) is 11.5 Å². The molecule has 0 aromatic heterocycles. The summed E-state index contributed by atoms with van der Waals surface area (Å²) in [6.07, 6.45) is 1.17. The summed E-state index contributed by atoms with van der Waals surface area (Å²) in [7, 11) is 0. The summed E-state index contributed by atoms with van der Waals surface area (Å²) in [6, 6.07) is 6.58. The number of halogens is 2. The number of carbonyl (C=O) groups is 1. The lowest BCUT2D eigenvalue weighted by molar-refractivity contribution is -0.384. The first-order valence-corrected chi connectivity index (χ1v) is 7.87. The van der Waals surface area contributed by atoms with Crippen molar-refractivity contribution in [3.63, 3.8) is 0 Å². The summed E-state index contributed by atoms with van der Waals surface area (Å²) < 4.78 is 0.391. The van der Waals surface area contributed by atoms with Crippen LogP contribution in [0, 0.1) is 10.1 Å². The van der Waals surface area contributed by atoms with Gasteiger partial charge in [-0.2, -0.15) is 5.10 Å². The van der Waals surface area contributed by atoms with Crippen LogP contribution in [0.2, 0.25) is 0 Å². The molecule has 0 aliphatic heterocycles. The number of nitro groups is 1. The van der Waals surface area contributed by atoms with E-state index in [0.717, 1.165) is 6.07 Å². The van der Waals surface area contributed by atoms with E-state index in [0.29, 0.717) is 4.47 Å². The number of nitrogens with one attached hydrogen (secondary N) is 1. The van der Waals surface area contributed by atoms with Crippen molar-refractivity contribution >= 4 is 49.7 Å². The van der Waals surface area contributed by atoms with Crippen molar-refractivity contribution in [1.82, 2.24) is 5.43 Å². The molecule has 0 heterocycles. The molecule has 0 aliphatic rings. The maximum Gasteiger partial charge on any atom is 0.271 e. The van der Waals surface area contributed by atoms with Gasteiger partial charge in [-0.15, -0.1) is 0 Å². The third-order valence-corrected chi connectivity index (χ3v) is 4.24. The Morgan fingerprint density at radius 3 is 2.62 bits per heavy atom. The first-order chi connectivity index (χ1) is 11.3. The van der Waals surface area contributed by atoms with E-state index in [2.05, 4.69) is 42.4 Å². The monoisotopic (exact) mass is 457 g/mol. The number of carbonyl (C=O) groups excluding carboxylic acids is 1. The fourth-order valence-electron chi connectivity index (χ4n) is 1.70. The molecule has 1 amide bonds. The molecule has 24 heavy (non-hydrogen) atoms. The number of aromatic hydroxyl groups is 2. The van der Waals surface area contributed by atoms with Crippen molar-refractivity contribution < 1.29 is 19.9 Å². The number of nitro benzene ring substituents is 1. The number of phenols is 2. The minimum absolute atomic E-state index is 0.0682. The molecule has 8 nitrogen and oxygen atoms in total. The molecule has 0 radical (unpaired) electrons. The fraction of sp³-hybridized carbons (Fsp3) is 0. The number of hydrogen-bond donors (Lipinski definition) is 3. The van der Waals surface area contributed by atoms with Crippen molar-refractivity contribution in [1.29, 1.82) is 0 Å². The number of hydrazone groups is 1. The van der Waals surface area contributed by atoms with Crippen LogP contribution in [-0.2, 0) is 0 Å². The molecule has 124 valence electrons. The summed E-state index contributed by atoms with van der Waals surface area (Å²) in [4.78, 5) is 22.0. The van der Waals surface area contributed by atoms with Crippen LogP contribution in [-0.4, -0.2) is 27.3 Å². The van der Waals surface area contributed by atoms with Gasteiger partial charge in [-0.25, -0.2) is 5.43 Å². The highest BCUT2D eigenvalue weighted by Gasteiger charge is 2.13. The Labute approximate surface area is 152 Å². The lowest BCUT2D eigenvalue weighted by Gasteiger charge is -2.06. The Bertz CT molecular complexity index is 855. The van der Waals surface area contributed by atoms with Gasteiger partial charge in [-0.3, -0.25) is 14.9 Å². The van der Waals surface area contributed by atoms with Crippen LogP contribution >= 0.6 is 31.9 Å². The second kappa shape index (κ2) is 7.41. The van der Waals surface area contributed by atoms with Gasteiger partial charge in [0.2, 0.25) is 0 Å². The van der Waals surface area contributed by atoms with E-state index in [4.69, 9.17) is 0 Å². The van der Waals surface area contributed by atoms with Crippen LogP contribution in [0.3, 0.4) is 0 Å². The van der Waals surface area contributed by atoms with Crippen LogP contribution in [0.15, 0.2) is 44.4 Å². The third kappa shape index (κ3) is 3.89. The van der Waals surface area contributed by atoms with E-state index in [9.17, 15) is 25.1 Å². The number of amides is 1. The van der Waals surface area contributed by atoms with Gasteiger partial charge in [0.05, 0.1) is 15.6 Å². The number of non-ortho nitro benzene ring substituents is 1. The van der Waals surface area contributed by atoms with Gasteiger partial charge in [0.15, 0.2) is 0 Å². The summed E-state index contributed by atoms with van der Waals surface area (Å²) in [5.41, 5.74) is 2.28. The molecule has 0 unspecified atom stereocenters. The summed E-state index contributed by atoms with van der Waals surface area (Å²) in [5.74, 6) is -1.08. The number of phenolic OH excluding ortho intramolecular Hbond substituents is 2. The number of benzene rings is 2. The Morgan fingerprint density at radius 2 is 1.96 bits per heavy atom. The smallest absolute Gasteiger partial charge is 0.271 e. The van der Waals surface area contributed by atoms with Crippen molar-refractivity contribution in [2.75, 3.05) is 0 Å².